The van der Waals surface area contributed by atoms with Crippen LogP contribution in [0.25, 0.3) is 10.9 Å². The predicted molar refractivity (Wildman–Crippen MR) is 97.4 cm³/mol. The second-order valence-electron chi connectivity index (χ2n) is 6.16. The number of H-pyrrole nitrogens is 1. The normalized spacial score (nSPS) is 12.1. The molecule has 2 aromatic carbocycles. The average Bonchev–Trinajstić information content (AvgIpc) is 2.64. The zero-order valence-electron chi connectivity index (χ0n) is 14.7. The number of fused-ring (bicyclic) bond motifs is 1. The summed E-state index contributed by atoms with van der Waals surface area (Å²) < 4.78 is 26.9. The van der Waals surface area contributed by atoms with Crippen LogP contribution in [0.5, 0.6) is 0 Å². The first-order chi connectivity index (χ1) is 13.0. The van der Waals surface area contributed by atoms with Crippen LogP contribution < -0.4 is 15.8 Å². The second kappa shape index (κ2) is 8.05. The first-order valence-corrected chi connectivity index (χ1v) is 8.52. The van der Waals surface area contributed by atoms with Crippen LogP contribution in [0.3, 0.4) is 0 Å². The second-order valence-corrected chi connectivity index (χ2v) is 6.16. The third kappa shape index (κ3) is 4.53. The van der Waals surface area contributed by atoms with Crippen molar-refractivity contribution in [3.8, 4) is 0 Å². The topological polar surface area (TPSA) is 79.3 Å². The van der Waals surface area contributed by atoms with Crippen molar-refractivity contribution in [1.82, 2.24) is 9.97 Å². The summed E-state index contributed by atoms with van der Waals surface area (Å²) >= 11 is 0. The van der Waals surface area contributed by atoms with Crippen molar-refractivity contribution in [1.29, 1.82) is 0 Å². The Morgan fingerprint density at radius 3 is 2.78 bits per heavy atom. The molecule has 0 radical (unpaired) electrons. The molecular formula is C19H19F2N4O2+. The van der Waals surface area contributed by atoms with Gasteiger partial charge in [-0.25, -0.2) is 13.8 Å². The number of nitrogens with zero attached hydrogens (tertiary/aromatic N) is 1. The van der Waals surface area contributed by atoms with Gasteiger partial charge >= 0.3 is 0 Å². The van der Waals surface area contributed by atoms with Crippen molar-refractivity contribution in [3.05, 3.63) is 70.3 Å². The fourth-order valence-electron chi connectivity index (χ4n) is 2.78. The molecule has 1 amide bonds. The first kappa shape index (κ1) is 18.7. The minimum atomic E-state index is -0.705. The summed E-state index contributed by atoms with van der Waals surface area (Å²) in [5.74, 6) is -1.34. The number of carbonyl (C=O) groups is 1. The third-order valence-corrected chi connectivity index (χ3v) is 4.19. The number of amides is 1. The summed E-state index contributed by atoms with van der Waals surface area (Å²) in [4.78, 5) is 32.3. The highest BCUT2D eigenvalue weighted by molar-refractivity contribution is 5.91. The van der Waals surface area contributed by atoms with Gasteiger partial charge in [-0.2, -0.15) is 0 Å². The molecule has 1 aromatic heterocycles. The summed E-state index contributed by atoms with van der Waals surface area (Å²) in [5, 5.41) is 2.87. The van der Waals surface area contributed by atoms with Crippen molar-refractivity contribution in [2.75, 3.05) is 18.4 Å². The van der Waals surface area contributed by atoms with Crippen molar-refractivity contribution in [2.24, 2.45) is 0 Å². The number of anilines is 1. The lowest BCUT2D eigenvalue weighted by Crippen LogP contribution is -3.11. The Morgan fingerprint density at radius 2 is 2.00 bits per heavy atom. The van der Waals surface area contributed by atoms with Crippen LogP contribution in [0.4, 0.5) is 14.5 Å². The molecule has 3 aromatic rings. The number of aromatic amines is 1. The molecule has 1 atom stereocenters. The minimum Gasteiger partial charge on any atom is -0.321 e. The van der Waals surface area contributed by atoms with Gasteiger partial charge in [0.25, 0.3) is 11.5 Å². The Labute approximate surface area is 153 Å². The van der Waals surface area contributed by atoms with Gasteiger partial charge in [-0.3, -0.25) is 9.59 Å². The maximum atomic E-state index is 13.7. The Kier molecular flexibility index (Phi) is 5.56. The molecule has 0 fully saturated rings. The van der Waals surface area contributed by atoms with Crippen LogP contribution in [-0.4, -0.2) is 29.0 Å². The lowest BCUT2D eigenvalue weighted by atomic mass is 10.2. The molecule has 1 unspecified atom stereocenters. The molecular weight excluding hydrogens is 354 g/mol. The van der Waals surface area contributed by atoms with E-state index in [0.717, 1.165) is 23.1 Å². The number of halogens is 2. The van der Waals surface area contributed by atoms with Gasteiger partial charge < -0.3 is 15.2 Å². The molecule has 0 spiro atoms. The van der Waals surface area contributed by atoms with E-state index >= 15 is 0 Å². The zero-order chi connectivity index (χ0) is 19.4. The molecule has 27 heavy (non-hydrogen) atoms. The molecule has 0 aliphatic heterocycles. The average molecular weight is 373 g/mol. The summed E-state index contributed by atoms with van der Waals surface area (Å²) in [7, 11) is 0. The van der Waals surface area contributed by atoms with Crippen LogP contribution in [0, 0.1) is 11.6 Å². The fourth-order valence-corrected chi connectivity index (χ4v) is 2.78. The van der Waals surface area contributed by atoms with E-state index in [2.05, 4.69) is 15.3 Å². The fraction of sp³-hybridized carbons (Fsp3) is 0.211. The number of aromatic nitrogens is 2. The van der Waals surface area contributed by atoms with Crippen LogP contribution in [0.1, 0.15) is 12.7 Å². The minimum absolute atomic E-state index is 0.0169. The quantitative estimate of drug-likeness (QED) is 0.608. The van der Waals surface area contributed by atoms with E-state index in [1.54, 1.807) is 24.3 Å². The lowest BCUT2D eigenvalue weighted by Gasteiger charge is -2.17. The van der Waals surface area contributed by atoms with Crippen molar-refractivity contribution < 1.29 is 18.5 Å². The molecule has 140 valence electrons. The summed E-state index contributed by atoms with van der Waals surface area (Å²) in [6, 6.07) is 9.87. The van der Waals surface area contributed by atoms with Crippen LogP contribution in [-0.2, 0) is 11.3 Å². The van der Waals surface area contributed by atoms with E-state index in [0.29, 0.717) is 29.8 Å². The van der Waals surface area contributed by atoms with Gasteiger partial charge in [-0.05, 0) is 31.2 Å². The molecule has 0 saturated carbocycles. The molecule has 0 aliphatic carbocycles. The molecule has 6 nitrogen and oxygen atoms in total. The van der Waals surface area contributed by atoms with Crippen LogP contribution in [0.15, 0.2) is 47.3 Å². The van der Waals surface area contributed by atoms with Crippen LogP contribution in [0.2, 0.25) is 0 Å². The van der Waals surface area contributed by atoms with Gasteiger partial charge in [-0.15, -0.1) is 0 Å². The van der Waals surface area contributed by atoms with E-state index < -0.39 is 17.5 Å². The molecule has 0 aliphatic rings. The summed E-state index contributed by atoms with van der Waals surface area (Å²) in [5.41, 5.74) is 0.142. The Hall–Kier alpha value is -3.13. The molecule has 3 rings (SSSR count). The number of nitrogens with one attached hydrogen (secondary N) is 3. The third-order valence-electron chi connectivity index (χ3n) is 4.19. The number of carbonyl (C=O) groups excluding carboxylic acids is 1. The van der Waals surface area contributed by atoms with E-state index in [1.807, 2.05) is 6.92 Å². The molecule has 0 saturated heterocycles. The van der Waals surface area contributed by atoms with Gasteiger partial charge in [0.15, 0.2) is 12.4 Å². The number of rotatable bonds is 6. The maximum absolute atomic E-state index is 13.7. The summed E-state index contributed by atoms with van der Waals surface area (Å²) in [6.07, 6.45) is 0. The van der Waals surface area contributed by atoms with E-state index in [9.17, 15) is 18.4 Å². The SMILES string of the molecule is CC[NH+](CC(=O)Nc1cc(F)ccc1F)Cc1nc2ccccc2c(=O)[nH]1. The van der Waals surface area contributed by atoms with E-state index in [1.165, 1.54) is 0 Å². The van der Waals surface area contributed by atoms with Gasteiger partial charge in [-0.1, -0.05) is 12.1 Å². The monoisotopic (exact) mass is 373 g/mol. The highest BCUT2D eigenvalue weighted by Gasteiger charge is 2.17. The Morgan fingerprint density at radius 1 is 1.22 bits per heavy atom. The zero-order valence-corrected chi connectivity index (χ0v) is 14.7. The lowest BCUT2D eigenvalue weighted by molar-refractivity contribution is -0.904. The standard InChI is InChI=1S/C19H18F2N4O2/c1-2-25(11-18(26)23-16-9-12(20)7-8-14(16)21)10-17-22-15-6-4-3-5-13(15)19(27)24-17/h3-9H,2,10-11H2,1H3,(H,23,26)(H,22,24,27)/p+1. The number of para-hydroxylation sites is 1. The predicted octanol–water partition coefficient (Wildman–Crippen LogP) is 1.24. The number of hydrogen-bond acceptors (Lipinski definition) is 3. The number of quaternary nitrogens is 1. The molecule has 8 heteroatoms. The van der Waals surface area contributed by atoms with Crippen molar-refractivity contribution in [2.45, 2.75) is 13.5 Å². The van der Waals surface area contributed by atoms with Crippen LogP contribution >= 0.6 is 0 Å². The molecule has 3 N–H and O–H groups in total. The molecule has 0 bridgehead atoms. The maximum Gasteiger partial charge on any atom is 0.279 e. The van der Waals surface area contributed by atoms with Gasteiger partial charge in [0.2, 0.25) is 0 Å². The molecule has 1 heterocycles. The Balaban J connectivity index is 1.71. The van der Waals surface area contributed by atoms with Gasteiger partial charge in [0, 0.05) is 6.07 Å². The Bertz CT molecular complexity index is 1040. The highest BCUT2D eigenvalue weighted by Crippen LogP contribution is 2.14. The van der Waals surface area contributed by atoms with Gasteiger partial charge in [0.1, 0.15) is 18.2 Å². The number of benzene rings is 2. The smallest absolute Gasteiger partial charge is 0.279 e. The van der Waals surface area contributed by atoms with Gasteiger partial charge in [0.05, 0.1) is 23.1 Å². The first-order valence-electron chi connectivity index (χ1n) is 8.52. The largest absolute Gasteiger partial charge is 0.321 e. The van der Waals surface area contributed by atoms with Crippen molar-refractivity contribution in [3.63, 3.8) is 0 Å². The number of hydrogen-bond donors (Lipinski definition) is 3. The highest BCUT2D eigenvalue weighted by atomic mass is 19.1. The van der Waals surface area contributed by atoms with Crippen molar-refractivity contribution >= 4 is 22.5 Å². The number of likely N-dealkylation sites (N-methyl/N-ethyl adjacent to an activating group) is 1. The van der Waals surface area contributed by atoms with E-state index in [-0.39, 0.29) is 17.8 Å². The summed E-state index contributed by atoms with van der Waals surface area (Å²) in [6.45, 7) is 2.79. The van der Waals surface area contributed by atoms with E-state index in [4.69, 9.17) is 0 Å².